The fourth-order valence-electron chi connectivity index (χ4n) is 2.67. The molecule has 0 bridgehead atoms. The van der Waals surface area contributed by atoms with Gasteiger partial charge in [-0.05, 0) is 53.6 Å². The number of halogens is 1. The van der Waals surface area contributed by atoms with Crippen molar-refractivity contribution in [1.82, 2.24) is 10.3 Å². The zero-order valence-corrected chi connectivity index (χ0v) is 14.0. The van der Waals surface area contributed by atoms with Crippen molar-refractivity contribution in [3.8, 4) is 5.88 Å². The van der Waals surface area contributed by atoms with Crippen LogP contribution in [0, 0.1) is 5.92 Å². The lowest BCUT2D eigenvalue weighted by Crippen LogP contribution is -2.45. The fourth-order valence-corrected chi connectivity index (χ4v) is 3.13. The highest BCUT2D eigenvalue weighted by Crippen LogP contribution is 2.31. The molecule has 1 aromatic rings. The average Bonchev–Trinajstić information content (AvgIpc) is 3.32. The van der Waals surface area contributed by atoms with Gasteiger partial charge in [0, 0.05) is 6.20 Å². The van der Waals surface area contributed by atoms with Gasteiger partial charge in [-0.15, -0.1) is 0 Å². The number of hydrogen-bond donors (Lipinski definition) is 2. The maximum Gasteiger partial charge on any atom is 0.253 e. The van der Waals surface area contributed by atoms with Crippen LogP contribution in [0.4, 0.5) is 0 Å². The van der Waals surface area contributed by atoms with Gasteiger partial charge in [-0.2, -0.15) is 0 Å². The number of ether oxygens (including phenoxy) is 1. The van der Waals surface area contributed by atoms with E-state index in [4.69, 9.17) is 4.74 Å². The Labute approximate surface area is 138 Å². The van der Waals surface area contributed by atoms with E-state index in [1.807, 2.05) is 0 Å². The quantitative estimate of drug-likeness (QED) is 0.837. The molecule has 2 saturated carbocycles. The molecular weight excluding hydrogens is 348 g/mol. The van der Waals surface area contributed by atoms with E-state index >= 15 is 0 Å². The zero-order chi connectivity index (χ0) is 15.5. The summed E-state index contributed by atoms with van der Waals surface area (Å²) >= 11 is 3.41. The van der Waals surface area contributed by atoms with Crippen molar-refractivity contribution in [3.63, 3.8) is 0 Å². The van der Waals surface area contributed by atoms with Gasteiger partial charge >= 0.3 is 0 Å². The molecule has 5 nitrogen and oxygen atoms in total. The molecule has 0 saturated heterocycles. The molecule has 2 aliphatic rings. The number of hydrogen-bond acceptors (Lipinski definition) is 4. The number of aromatic nitrogens is 1. The lowest BCUT2D eigenvalue weighted by atomic mass is 9.92. The Morgan fingerprint density at radius 2 is 2.14 bits per heavy atom. The number of carbonyl (C=O) groups is 1. The van der Waals surface area contributed by atoms with Gasteiger partial charge < -0.3 is 15.2 Å². The first kappa shape index (κ1) is 15.7. The predicted molar refractivity (Wildman–Crippen MR) is 85.9 cm³/mol. The number of carbonyl (C=O) groups excluding carboxylic acids is 1. The first-order chi connectivity index (χ1) is 10.6. The molecule has 2 fully saturated rings. The number of aliphatic hydroxyl groups is 1. The Bertz CT molecular complexity index is 548. The Morgan fingerprint density at radius 1 is 1.36 bits per heavy atom. The van der Waals surface area contributed by atoms with E-state index in [2.05, 4.69) is 26.2 Å². The molecule has 1 aromatic heterocycles. The molecule has 2 atom stereocenters. The summed E-state index contributed by atoms with van der Waals surface area (Å²) in [4.78, 5) is 16.5. The SMILES string of the molecule is O=C(N[C@H]1CCCC[C@@H]1O)c1cnc(OCC2CC2)c(Br)c1. The zero-order valence-electron chi connectivity index (χ0n) is 12.4. The molecule has 1 heterocycles. The third-order valence-corrected chi connectivity index (χ3v) is 4.84. The second kappa shape index (κ2) is 6.96. The topological polar surface area (TPSA) is 71.5 Å². The van der Waals surface area contributed by atoms with E-state index < -0.39 is 6.10 Å². The van der Waals surface area contributed by atoms with Gasteiger partial charge in [-0.3, -0.25) is 4.79 Å². The Morgan fingerprint density at radius 3 is 2.82 bits per heavy atom. The van der Waals surface area contributed by atoms with E-state index in [0.29, 0.717) is 28.4 Å². The van der Waals surface area contributed by atoms with E-state index in [1.54, 1.807) is 6.07 Å². The second-order valence-corrected chi connectivity index (χ2v) is 7.05. The van der Waals surface area contributed by atoms with Crippen LogP contribution in [0.1, 0.15) is 48.9 Å². The normalized spacial score (nSPS) is 24.8. The van der Waals surface area contributed by atoms with Crippen LogP contribution in [0.3, 0.4) is 0 Å². The van der Waals surface area contributed by atoms with Crippen LogP contribution in [0.15, 0.2) is 16.7 Å². The Hall–Kier alpha value is -1.14. The van der Waals surface area contributed by atoms with E-state index in [1.165, 1.54) is 19.0 Å². The fraction of sp³-hybridized carbons (Fsp3) is 0.625. The Kier molecular flexibility index (Phi) is 4.98. The molecule has 120 valence electrons. The van der Waals surface area contributed by atoms with Crippen LogP contribution in [-0.2, 0) is 0 Å². The first-order valence-corrected chi connectivity index (χ1v) is 8.70. The molecule has 6 heteroatoms. The third-order valence-electron chi connectivity index (χ3n) is 4.27. The van der Waals surface area contributed by atoms with Crippen molar-refractivity contribution in [2.75, 3.05) is 6.61 Å². The minimum atomic E-state index is -0.449. The van der Waals surface area contributed by atoms with Gasteiger partial charge in [0.1, 0.15) is 0 Å². The molecule has 0 unspecified atom stereocenters. The number of aliphatic hydroxyl groups excluding tert-OH is 1. The average molecular weight is 369 g/mol. The maximum absolute atomic E-state index is 12.3. The smallest absolute Gasteiger partial charge is 0.253 e. The molecule has 2 N–H and O–H groups in total. The van der Waals surface area contributed by atoms with Crippen LogP contribution in [0.2, 0.25) is 0 Å². The molecule has 0 aromatic carbocycles. The molecule has 0 spiro atoms. The molecule has 0 radical (unpaired) electrons. The molecule has 0 aliphatic heterocycles. The van der Waals surface area contributed by atoms with Gasteiger partial charge in [-0.1, -0.05) is 12.8 Å². The summed E-state index contributed by atoms with van der Waals surface area (Å²) in [6, 6.07) is 1.56. The van der Waals surface area contributed by atoms with Gasteiger partial charge in [0.2, 0.25) is 5.88 Å². The van der Waals surface area contributed by atoms with Gasteiger partial charge in [0.15, 0.2) is 0 Å². The van der Waals surface area contributed by atoms with Crippen molar-refractivity contribution < 1.29 is 14.6 Å². The van der Waals surface area contributed by atoms with Crippen molar-refractivity contribution in [3.05, 3.63) is 22.3 Å². The summed E-state index contributed by atoms with van der Waals surface area (Å²) in [6.45, 7) is 0.686. The van der Waals surface area contributed by atoms with E-state index in [9.17, 15) is 9.90 Å². The summed E-state index contributed by atoms with van der Waals surface area (Å²) in [5, 5.41) is 12.8. The summed E-state index contributed by atoms with van der Waals surface area (Å²) in [5.41, 5.74) is 0.475. The van der Waals surface area contributed by atoms with Gasteiger partial charge in [-0.25, -0.2) is 4.98 Å². The number of nitrogens with one attached hydrogen (secondary N) is 1. The summed E-state index contributed by atoms with van der Waals surface area (Å²) in [5.74, 6) is 0.985. The molecular formula is C16H21BrN2O3. The van der Waals surface area contributed by atoms with Crippen molar-refractivity contribution in [2.24, 2.45) is 5.92 Å². The lowest BCUT2D eigenvalue weighted by molar-refractivity contribution is 0.0717. The highest BCUT2D eigenvalue weighted by atomic mass is 79.9. The van der Waals surface area contributed by atoms with Crippen LogP contribution < -0.4 is 10.1 Å². The van der Waals surface area contributed by atoms with Crippen LogP contribution in [0.5, 0.6) is 5.88 Å². The molecule has 22 heavy (non-hydrogen) atoms. The van der Waals surface area contributed by atoms with E-state index in [0.717, 1.165) is 25.7 Å². The molecule has 3 rings (SSSR count). The van der Waals surface area contributed by atoms with Crippen LogP contribution in [-0.4, -0.2) is 34.8 Å². The van der Waals surface area contributed by atoms with Crippen molar-refractivity contribution in [2.45, 2.75) is 50.7 Å². The minimum absolute atomic E-state index is 0.161. The van der Waals surface area contributed by atoms with Crippen LogP contribution in [0.25, 0.3) is 0 Å². The molecule has 1 amide bonds. The first-order valence-electron chi connectivity index (χ1n) is 7.91. The predicted octanol–water partition coefficient (Wildman–Crippen LogP) is 2.67. The lowest BCUT2D eigenvalue weighted by Gasteiger charge is -2.28. The highest BCUT2D eigenvalue weighted by molar-refractivity contribution is 9.10. The number of amides is 1. The summed E-state index contributed by atoms with van der Waals surface area (Å²) in [6.07, 6.45) is 7.16. The molecule has 2 aliphatic carbocycles. The van der Waals surface area contributed by atoms with Crippen molar-refractivity contribution >= 4 is 21.8 Å². The number of nitrogens with zero attached hydrogens (tertiary/aromatic N) is 1. The third kappa shape index (κ3) is 3.98. The van der Waals surface area contributed by atoms with E-state index in [-0.39, 0.29) is 11.9 Å². The monoisotopic (exact) mass is 368 g/mol. The highest BCUT2D eigenvalue weighted by Gasteiger charge is 2.25. The number of pyridine rings is 1. The largest absolute Gasteiger partial charge is 0.477 e. The van der Waals surface area contributed by atoms with Gasteiger partial charge in [0.05, 0.1) is 28.8 Å². The number of rotatable bonds is 5. The standard InChI is InChI=1S/C16H21BrN2O3/c17-12-7-11(8-18-16(12)22-9-10-5-6-10)15(21)19-13-3-1-2-4-14(13)20/h7-8,10,13-14,20H,1-6,9H2,(H,19,21)/t13-,14-/m0/s1. The van der Waals surface area contributed by atoms with Gasteiger partial charge in [0.25, 0.3) is 5.91 Å². The second-order valence-electron chi connectivity index (χ2n) is 6.20. The minimum Gasteiger partial charge on any atom is -0.477 e. The summed E-state index contributed by atoms with van der Waals surface area (Å²) < 4.78 is 6.32. The summed E-state index contributed by atoms with van der Waals surface area (Å²) in [7, 11) is 0. The maximum atomic E-state index is 12.3. The Balaban J connectivity index is 1.60. The van der Waals surface area contributed by atoms with Crippen molar-refractivity contribution in [1.29, 1.82) is 0 Å². The van der Waals surface area contributed by atoms with Crippen LogP contribution >= 0.6 is 15.9 Å².